The molecule has 21 heavy (non-hydrogen) atoms. The second-order valence-electron chi connectivity index (χ2n) is 5.09. The molecule has 0 aliphatic carbocycles. The van der Waals surface area contributed by atoms with Crippen LogP contribution in [0.3, 0.4) is 0 Å². The third-order valence-electron chi connectivity index (χ3n) is 3.55. The highest BCUT2D eigenvalue weighted by Gasteiger charge is 2.33. The molecule has 2 amide bonds. The summed E-state index contributed by atoms with van der Waals surface area (Å²) in [5.41, 5.74) is 1.83. The summed E-state index contributed by atoms with van der Waals surface area (Å²) in [4.78, 5) is 26.1. The van der Waals surface area contributed by atoms with Gasteiger partial charge in [0.1, 0.15) is 6.04 Å². The molecule has 0 unspecified atom stereocenters. The van der Waals surface area contributed by atoms with Gasteiger partial charge in [0, 0.05) is 7.97 Å². The Balaban J connectivity index is 0.00000176. The van der Waals surface area contributed by atoms with Crippen molar-refractivity contribution in [2.75, 3.05) is 6.54 Å². The lowest BCUT2D eigenvalue weighted by atomic mass is 10.0. The van der Waals surface area contributed by atoms with E-state index >= 15 is 0 Å². The van der Waals surface area contributed by atoms with Crippen molar-refractivity contribution in [3.05, 3.63) is 71.8 Å². The van der Waals surface area contributed by atoms with Crippen LogP contribution in [0.5, 0.6) is 0 Å². The van der Waals surface area contributed by atoms with E-state index in [1.165, 1.54) is 0 Å². The molecule has 1 N–H and O–H groups in total. The maximum atomic E-state index is 12.6. The third-order valence-corrected chi connectivity index (χ3v) is 3.55. The van der Waals surface area contributed by atoms with E-state index in [9.17, 15) is 9.59 Å². The van der Waals surface area contributed by atoms with Gasteiger partial charge in [0.2, 0.25) is 5.91 Å². The summed E-state index contributed by atoms with van der Waals surface area (Å²) in [5, 5.41) is 2.77. The largest absolute Gasteiger partial charge is 0.339 e. The Morgan fingerprint density at radius 1 is 1.00 bits per heavy atom. The molecule has 0 bridgehead atoms. The average Bonchev–Trinajstić information content (AvgIpc) is 2.52. The first-order valence-corrected chi connectivity index (χ1v) is 6.91. The van der Waals surface area contributed by atoms with Crippen molar-refractivity contribution in [2.24, 2.45) is 0 Å². The van der Waals surface area contributed by atoms with Crippen molar-refractivity contribution in [3.8, 4) is 0 Å². The minimum Gasteiger partial charge on any atom is -0.339 e. The molecule has 1 fully saturated rings. The van der Waals surface area contributed by atoms with E-state index in [0.29, 0.717) is 6.54 Å². The van der Waals surface area contributed by atoms with Gasteiger partial charge in [-0.3, -0.25) is 9.59 Å². The molecule has 2 aromatic carbocycles. The molecule has 108 valence electrons. The number of nitrogens with one attached hydrogen (secondary N) is 1. The van der Waals surface area contributed by atoms with Crippen LogP contribution in [-0.4, -0.2) is 23.3 Å². The fraction of sp³-hybridized carbons (Fsp3) is 0.176. The number of nitrogens with zero attached hydrogens (tertiary/aromatic N) is 1. The zero-order valence-electron chi connectivity index (χ0n) is 11.5. The minimum absolute atomic E-state index is 0. The van der Waals surface area contributed by atoms with Crippen LogP contribution in [0.4, 0.5) is 0 Å². The monoisotopic (exact) mass is 282 g/mol. The molecule has 0 saturated carbocycles. The van der Waals surface area contributed by atoms with Crippen LogP contribution in [0.1, 0.15) is 18.6 Å². The Bertz CT molecular complexity index is 646. The number of hydrogen-bond acceptors (Lipinski definition) is 2. The minimum atomic E-state index is -0.587. The fourth-order valence-corrected chi connectivity index (χ4v) is 2.51. The standard InChI is InChI=1S/C17H16N2O2.H2/c20-15-12-19(11-13-7-3-1-4-8-13)17(21)16(18-15)14-9-5-2-6-10-14;/h1-10,16H,11-12H2,(H,18,20);1H/t16-;/m0./s1. The van der Waals surface area contributed by atoms with Gasteiger partial charge in [-0.2, -0.15) is 0 Å². The van der Waals surface area contributed by atoms with Gasteiger partial charge >= 0.3 is 0 Å². The van der Waals surface area contributed by atoms with Gasteiger partial charge < -0.3 is 10.2 Å². The molecule has 1 saturated heterocycles. The lowest BCUT2D eigenvalue weighted by molar-refractivity contribution is -0.145. The molecule has 0 aromatic heterocycles. The summed E-state index contributed by atoms with van der Waals surface area (Å²) in [6.45, 7) is 0.563. The van der Waals surface area contributed by atoms with E-state index in [0.717, 1.165) is 11.1 Å². The second-order valence-corrected chi connectivity index (χ2v) is 5.09. The van der Waals surface area contributed by atoms with Crippen molar-refractivity contribution in [3.63, 3.8) is 0 Å². The van der Waals surface area contributed by atoms with E-state index in [1.54, 1.807) is 4.90 Å². The number of benzene rings is 2. The van der Waals surface area contributed by atoms with Crippen molar-refractivity contribution >= 4 is 11.8 Å². The van der Waals surface area contributed by atoms with E-state index < -0.39 is 6.04 Å². The van der Waals surface area contributed by atoms with Crippen LogP contribution < -0.4 is 5.32 Å². The summed E-state index contributed by atoms with van der Waals surface area (Å²) in [6.07, 6.45) is 0. The Morgan fingerprint density at radius 3 is 2.29 bits per heavy atom. The Morgan fingerprint density at radius 2 is 1.62 bits per heavy atom. The van der Waals surface area contributed by atoms with E-state index in [4.69, 9.17) is 0 Å². The summed E-state index contributed by atoms with van der Waals surface area (Å²) in [7, 11) is 0. The van der Waals surface area contributed by atoms with E-state index in [-0.39, 0.29) is 19.8 Å². The normalized spacial score (nSPS) is 18.5. The SMILES string of the molecule is O=C1CN(Cc2ccccc2)C(=O)[C@H](c2ccccc2)N1.[HH]. The quantitative estimate of drug-likeness (QED) is 0.937. The van der Waals surface area contributed by atoms with Crippen LogP contribution >= 0.6 is 0 Å². The van der Waals surface area contributed by atoms with Crippen LogP contribution in [0.15, 0.2) is 60.7 Å². The van der Waals surface area contributed by atoms with Crippen molar-refractivity contribution < 1.29 is 11.0 Å². The summed E-state index contributed by atoms with van der Waals surface area (Å²) >= 11 is 0. The molecule has 1 heterocycles. The topological polar surface area (TPSA) is 49.4 Å². The van der Waals surface area contributed by atoms with Crippen LogP contribution in [0, 0.1) is 0 Å². The van der Waals surface area contributed by atoms with Gasteiger partial charge in [-0.05, 0) is 11.1 Å². The predicted octanol–water partition coefficient (Wildman–Crippen LogP) is 2.13. The number of carbonyl (C=O) groups is 2. The molecule has 2 aromatic rings. The number of rotatable bonds is 3. The summed E-state index contributed by atoms with van der Waals surface area (Å²) in [6, 6.07) is 18.4. The van der Waals surface area contributed by atoms with Crippen LogP contribution in [0.25, 0.3) is 0 Å². The molecule has 0 spiro atoms. The highest BCUT2D eigenvalue weighted by Crippen LogP contribution is 2.20. The molecular weight excluding hydrogens is 264 g/mol. The zero-order chi connectivity index (χ0) is 14.7. The highest BCUT2D eigenvalue weighted by atomic mass is 16.2. The third kappa shape index (κ3) is 2.94. The van der Waals surface area contributed by atoms with Crippen molar-refractivity contribution in [1.82, 2.24) is 10.2 Å². The van der Waals surface area contributed by atoms with Gasteiger partial charge in [-0.1, -0.05) is 60.7 Å². The Labute approximate surface area is 124 Å². The first-order chi connectivity index (χ1) is 10.2. The molecule has 4 nitrogen and oxygen atoms in total. The maximum absolute atomic E-state index is 12.6. The summed E-state index contributed by atoms with van der Waals surface area (Å²) in [5.74, 6) is -0.191. The smallest absolute Gasteiger partial charge is 0.250 e. The van der Waals surface area contributed by atoms with Gasteiger partial charge in [0.05, 0.1) is 6.54 Å². The highest BCUT2D eigenvalue weighted by molar-refractivity contribution is 5.95. The number of hydrogen-bond donors (Lipinski definition) is 1. The van der Waals surface area contributed by atoms with E-state index in [2.05, 4.69) is 5.32 Å². The second kappa shape index (κ2) is 5.79. The number of carbonyl (C=O) groups excluding carboxylic acids is 2. The molecule has 1 atom stereocenters. The lowest BCUT2D eigenvalue weighted by Crippen LogP contribution is -2.52. The Kier molecular flexibility index (Phi) is 3.69. The predicted molar refractivity (Wildman–Crippen MR) is 81.3 cm³/mol. The van der Waals surface area contributed by atoms with Crippen molar-refractivity contribution in [2.45, 2.75) is 12.6 Å². The average molecular weight is 282 g/mol. The molecule has 1 aliphatic heterocycles. The zero-order valence-corrected chi connectivity index (χ0v) is 11.5. The first-order valence-electron chi connectivity index (χ1n) is 6.91. The van der Waals surface area contributed by atoms with Crippen molar-refractivity contribution in [1.29, 1.82) is 0 Å². The molecule has 4 heteroatoms. The van der Waals surface area contributed by atoms with E-state index in [1.807, 2.05) is 60.7 Å². The molecular formula is C17H18N2O2. The fourth-order valence-electron chi connectivity index (χ4n) is 2.51. The molecule has 1 aliphatic rings. The van der Waals surface area contributed by atoms with Gasteiger partial charge in [0.25, 0.3) is 5.91 Å². The number of piperazine rings is 1. The Hall–Kier alpha value is -2.62. The lowest BCUT2D eigenvalue weighted by Gasteiger charge is -2.32. The van der Waals surface area contributed by atoms with Gasteiger partial charge in [0.15, 0.2) is 0 Å². The molecule has 0 radical (unpaired) electrons. The first kappa shape index (κ1) is 13.4. The summed E-state index contributed by atoms with van der Waals surface area (Å²) < 4.78 is 0. The van der Waals surface area contributed by atoms with Gasteiger partial charge in [-0.25, -0.2) is 0 Å². The van der Waals surface area contributed by atoms with Gasteiger partial charge in [-0.15, -0.1) is 0 Å². The number of amides is 2. The van der Waals surface area contributed by atoms with Crippen LogP contribution in [-0.2, 0) is 16.1 Å². The van der Waals surface area contributed by atoms with Crippen LogP contribution in [0.2, 0.25) is 0 Å². The molecule has 3 rings (SSSR count). The maximum Gasteiger partial charge on any atom is 0.250 e.